The minimum atomic E-state index is -0.151. The molecule has 1 fully saturated rings. The van der Waals surface area contributed by atoms with Gasteiger partial charge in [-0.1, -0.05) is 6.07 Å². The zero-order valence-electron chi connectivity index (χ0n) is 12.3. The van der Waals surface area contributed by atoms with Crippen LogP contribution in [0, 0.1) is 0 Å². The molecule has 1 aromatic rings. The first kappa shape index (κ1) is 14.7. The van der Waals surface area contributed by atoms with Crippen LogP contribution in [0.15, 0.2) is 18.2 Å². The average Bonchev–Trinajstić information content (AvgIpc) is 2.42. The average molecular weight is 277 g/mol. The number of nitrogens with zero attached hydrogens (tertiary/aromatic N) is 1. The van der Waals surface area contributed by atoms with Gasteiger partial charge in [0.1, 0.15) is 11.3 Å². The van der Waals surface area contributed by atoms with Crippen molar-refractivity contribution in [1.82, 2.24) is 10.2 Å². The molecule has 2 rings (SSSR count). The lowest BCUT2D eigenvalue weighted by molar-refractivity contribution is 0.0894. The van der Waals surface area contributed by atoms with Gasteiger partial charge >= 0.3 is 0 Å². The SMILES string of the molecule is COc1cccc(N)c1C(=O)NC1CCN(C)C(C)C1. The van der Waals surface area contributed by atoms with Crippen LogP contribution in [-0.4, -0.2) is 43.6 Å². The second-order valence-electron chi connectivity index (χ2n) is 5.45. The second kappa shape index (κ2) is 6.13. The summed E-state index contributed by atoms with van der Waals surface area (Å²) in [5.41, 5.74) is 6.78. The minimum Gasteiger partial charge on any atom is -0.496 e. The van der Waals surface area contributed by atoms with E-state index >= 15 is 0 Å². The Hall–Kier alpha value is -1.75. The van der Waals surface area contributed by atoms with Crippen LogP contribution in [0.2, 0.25) is 0 Å². The lowest BCUT2D eigenvalue weighted by Crippen LogP contribution is -2.47. The van der Waals surface area contributed by atoms with Crippen LogP contribution in [0.25, 0.3) is 0 Å². The Kier molecular flexibility index (Phi) is 4.49. The molecule has 5 heteroatoms. The summed E-state index contributed by atoms with van der Waals surface area (Å²) in [5, 5.41) is 3.08. The zero-order valence-corrected chi connectivity index (χ0v) is 12.3. The third-order valence-electron chi connectivity index (χ3n) is 4.05. The van der Waals surface area contributed by atoms with E-state index in [1.54, 1.807) is 25.3 Å². The Balaban J connectivity index is 2.09. The van der Waals surface area contributed by atoms with Crippen LogP contribution in [0.5, 0.6) is 5.75 Å². The van der Waals surface area contributed by atoms with Gasteiger partial charge in [-0.3, -0.25) is 4.79 Å². The van der Waals surface area contributed by atoms with Gasteiger partial charge in [0.15, 0.2) is 0 Å². The Morgan fingerprint density at radius 3 is 2.90 bits per heavy atom. The van der Waals surface area contributed by atoms with Gasteiger partial charge in [0.25, 0.3) is 5.91 Å². The Morgan fingerprint density at radius 1 is 1.50 bits per heavy atom. The molecule has 1 amide bonds. The summed E-state index contributed by atoms with van der Waals surface area (Å²) in [4.78, 5) is 14.7. The van der Waals surface area contributed by atoms with Gasteiger partial charge in [0.05, 0.1) is 7.11 Å². The number of amides is 1. The first-order valence-electron chi connectivity index (χ1n) is 6.96. The van der Waals surface area contributed by atoms with Crippen LogP contribution in [0.1, 0.15) is 30.1 Å². The highest BCUT2D eigenvalue weighted by Crippen LogP contribution is 2.25. The molecule has 3 N–H and O–H groups in total. The number of rotatable bonds is 3. The van der Waals surface area contributed by atoms with Gasteiger partial charge in [-0.25, -0.2) is 0 Å². The smallest absolute Gasteiger partial charge is 0.257 e. The molecule has 5 nitrogen and oxygen atoms in total. The number of hydrogen-bond donors (Lipinski definition) is 2. The van der Waals surface area contributed by atoms with E-state index in [2.05, 4.69) is 24.2 Å². The molecule has 0 aliphatic carbocycles. The standard InChI is InChI=1S/C15H23N3O2/c1-10-9-11(7-8-18(10)2)17-15(19)14-12(16)5-4-6-13(14)20-3/h4-6,10-11H,7-9,16H2,1-3H3,(H,17,19). The van der Waals surface area contributed by atoms with E-state index in [1.165, 1.54) is 0 Å². The summed E-state index contributed by atoms with van der Waals surface area (Å²) in [5.74, 6) is 0.366. The molecule has 0 radical (unpaired) electrons. The highest BCUT2D eigenvalue weighted by Gasteiger charge is 2.25. The van der Waals surface area contributed by atoms with Crippen molar-refractivity contribution < 1.29 is 9.53 Å². The third-order valence-corrected chi connectivity index (χ3v) is 4.05. The van der Waals surface area contributed by atoms with E-state index in [9.17, 15) is 4.79 Å². The Morgan fingerprint density at radius 2 is 2.25 bits per heavy atom. The fourth-order valence-electron chi connectivity index (χ4n) is 2.64. The first-order valence-corrected chi connectivity index (χ1v) is 6.96. The summed E-state index contributed by atoms with van der Waals surface area (Å²) in [7, 11) is 3.66. The molecule has 2 atom stereocenters. The van der Waals surface area contributed by atoms with Crippen LogP contribution < -0.4 is 15.8 Å². The summed E-state index contributed by atoms with van der Waals surface area (Å²) < 4.78 is 5.23. The molecular weight excluding hydrogens is 254 g/mol. The number of hydrogen-bond acceptors (Lipinski definition) is 4. The highest BCUT2D eigenvalue weighted by atomic mass is 16.5. The maximum Gasteiger partial charge on any atom is 0.257 e. The lowest BCUT2D eigenvalue weighted by Gasteiger charge is -2.35. The summed E-state index contributed by atoms with van der Waals surface area (Å²) in [6, 6.07) is 5.92. The summed E-state index contributed by atoms with van der Waals surface area (Å²) in [6.07, 6.45) is 1.92. The normalized spacial score (nSPS) is 23.4. The van der Waals surface area contributed by atoms with E-state index in [4.69, 9.17) is 10.5 Å². The third kappa shape index (κ3) is 3.04. The van der Waals surface area contributed by atoms with Crippen molar-refractivity contribution in [3.05, 3.63) is 23.8 Å². The number of benzene rings is 1. The molecule has 0 aromatic heterocycles. The second-order valence-corrected chi connectivity index (χ2v) is 5.45. The lowest BCUT2D eigenvalue weighted by atomic mass is 9.98. The molecule has 1 saturated heterocycles. The summed E-state index contributed by atoms with van der Waals surface area (Å²) in [6.45, 7) is 3.17. The number of carbonyl (C=O) groups excluding carboxylic acids is 1. The zero-order chi connectivity index (χ0) is 14.7. The van der Waals surface area contributed by atoms with E-state index in [1.807, 2.05) is 0 Å². The quantitative estimate of drug-likeness (QED) is 0.821. The van der Waals surface area contributed by atoms with Crippen molar-refractivity contribution >= 4 is 11.6 Å². The van der Waals surface area contributed by atoms with Crippen LogP contribution >= 0.6 is 0 Å². The molecule has 0 saturated carbocycles. The van der Waals surface area contributed by atoms with Crippen molar-refractivity contribution in [2.75, 3.05) is 26.4 Å². The molecule has 1 heterocycles. The molecule has 1 aliphatic rings. The molecule has 20 heavy (non-hydrogen) atoms. The molecule has 0 spiro atoms. The van der Waals surface area contributed by atoms with E-state index in [0.29, 0.717) is 23.0 Å². The number of nitrogen functional groups attached to an aromatic ring is 1. The fourth-order valence-corrected chi connectivity index (χ4v) is 2.64. The van der Waals surface area contributed by atoms with Crippen LogP contribution in [0.4, 0.5) is 5.69 Å². The van der Waals surface area contributed by atoms with Crippen molar-refractivity contribution in [1.29, 1.82) is 0 Å². The van der Waals surface area contributed by atoms with E-state index in [-0.39, 0.29) is 11.9 Å². The number of piperidine rings is 1. The number of nitrogens with two attached hydrogens (primary N) is 1. The predicted molar refractivity (Wildman–Crippen MR) is 80.0 cm³/mol. The maximum atomic E-state index is 12.4. The molecule has 1 aliphatic heterocycles. The predicted octanol–water partition coefficient (Wildman–Crippen LogP) is 1.49. The highest BCUT2D eigenvalue weighted by molar-refractivity contribution is 6.02. The Labute approximate surface area is 120 Å². The molecule has 1 aromatic carbocycles. The number of methoxy groups -OCH3 is 1. The van der Waals surface area contributed by atoms with Crippen LogP contribution in [-0.2, 0) is 0 Å². The number of ether oxygens (including phenoxy) is 1. The van der Waals surface area contributed by atoms with Gasteiger partial charge < -0.3 is 20.7 Å². The molecule has 110 valence electrons. The molecule has 2 unspecified atom stereocenters. The largest absolute Gasteiger partial charge is 0.496 e. The number of anilines is 1. The number of nitrogens with one attached hydrogen (secondary N) is 1. The number of likely N-dealkylation sites (tertiary alicyclic amines) is 1. The van der Waals surface area contributed by atoms with Crippen molar-refractivity contribution in [2.24, 2.45) is 0 Å². The van der Waals surface area contributed by atoms with Crippen molar-refractivity contribution in [2.45, 2.75) is 31.8 Å². The topological polar surface area (TPSA) is 67.6 Å². The molecule has 0 bridgehead atoms. The first-order chi connectivity index (χ1) is 9.52. The van der Waals surface area contributed by atoms with Gasteiger partial charge in [-0.05, 0) is 38.9 Å². The monoisotopic (exact) mass is 277 g/mol. The Bertz CT molecular complexity index is 490. The molecular formula is C15H23N3O2. The number of carbonyl (C=O) groups is 1. The van der Waals surface area contributed by atoms with Crippen LogP contribution in [0.3, 0.4) is 0 Å². The van der Waals surface area contributed by atoms with E-state index in [0.717, 1.165) is 19.4 Å². The van der Waals surface area contributed by atoms with Gasteiger partial charge in [0, 0.05) is 24.3 Å². The van der Waals surface area contributed by atoms with Gasteiger partial charge in [-0.2, -0.15) is 0 Å². The summed E-state index contributed by atoms with van der Waals surface area (Å²) >= 11 is 0. The van der Waals surface area contributed by atoms with Crippen molar-refractivity contribution in [3.63, 3.8) is 0 Å². The van der Waals surface area contributed by atoms with Gasteiger partial charge in [0.2, 0.25) is 0 Å². The fraction of sp³-hybridized carbons (Fsp3) is 0.533. The maximum absolute atomic E-state index is 12.4. The van der Waals surface area contributed by atoms with E-state index < -0.39 is 0 Å². The minimum absolute atomic E-state index is 0.151. The van der Waals surface area contributed by atoms with Gasteiger partial charge in [-0.15, -0.1) is 0 Å². The van der Waals surface area contributed by atoms with Crippen molar-refractivity contribution in [3.8, 4) is 5.75 Å².